The van der Waals surface area contributed by atoms with Crippen LogP contribution in [0, 0.1) is 0 Å². The van der Waals surface area contributed by atoms with Gasteiger partial charge < -0.3 is 10.6 Å². The molecular formula is C24H27F6N3O. The van der Waals surface area contributed by atoms with Crippen molar-refractivity contribution in [3.63, 3.8) is 0 Å². The average molecular weight is 487 g/mol. The Morgan fingerprint density at radius 1 is 1.00 bits per heavy atom. The maximum Gasteiger partial charge on any atom is 0.416 e. The van der Waals surface area contributed by atoms with E-state index in [1.807, 2.05) is 35.2 Å². The Labute approximate surface area is 194 Å². The monoisotopic (exact) mass is 487 g/mol. The molecule has 2 aromatic carbocycles. The molecule has 1 atom stereocenters. The van der Waals surface area contributed by atoms with Gasteiger partial charge in [-0.15, -0.1) is 0 Å². The van der Waals surface area contributed by atoms with Crippen molar-refractivity contribution in [1.29, 1.82) is 0 Å². The van der Waals surface area contributed by atoms with Crippen LogP contribution in [0.5, 0.6) is 0 Å². The minimum absolute atomic E-state index is 0.0336. The van der Waals surface area contributed by atoms with Gasteiger partial charge in [0.1, 0.15) is 6.04 Å². The maximum atomic E-state index is 13.4. The Hall–Kier alpha value is -2.59. The highest BCUT2D eigenvalue weighted by Gasteiger charge is 2.37. The quantitative estimate of drug-likeness (QED) is 0.591. The first-order valence-electron chi connectivity index (χ1n) is 10.9. The van der Waals surface area contributed by atoms with Gasteiger partial charge in [-0.3, -0.25) is 9.69 Å². The number of amides is 1. The second kappa shape index (κ2) is 10.4. The summed E-state index contributed by atoms with van der Waals surface area (Å²) in [5.41, 5.74) is 3.90. The molecule has 1 fully saturated rings. The number of rotatable bonds is 6. The van der Waals surface area contributed by atoms with Crippen LogP contribution in [0.3, 0.4) is 0 Å². The van der Waals surface area contributed by atoms with E-state index in [0.717, 1.165) is 18.4 Å². The Morgan fingerprint density at radius 3 is 2.03 bits per heavy atom. The number of nitrogens with zero attached hydrogens (tertiary/aromatic N) is 2. The number of alkyl halides is 6. The number of likely N-dealkylation sites (N-methyl/N-ethyl adjacent to an activating group) is 1. The molecule has 2 aromatic rings. The van der Waals surface area contributed by atoms with Crippen LogP contribution >= 0.6 is 0 Å². The zero-order valence-corrected chi connectivity index (χ0v) is 18.7. The SMILES string of the molecule is CN(CCc1cc(C(F)(F)F)cc(C(F)(F)F)c1)C(=O)C(c1ccccc1)N1CCC(N)CC1. The van der Waals surface area contributed by atoms with E-state index in [2.05, 4.69) is 0 Å². The number of benzene rings is 2. The molecule has 0 saturated carbocycles. The van der Waals surface area contributed by atoms with Crippen molar-refractivity contribution in [2.24, 2.45) is 5.73 Å². The normalized spacial score (nSPS) is 16.9. The van der Waals surface area contributed by atoms with Crippen molar-refractivity contribution < 1.29 is 31.1 Å². The molecule has 0 spiro atoms. The Balaban J connectivity index is 1.79. The highest BCUT2D eigenvalue weighted by molar-refractivity contribution is 5.83. The first-order chi connectivity index (χ1) is 15.9. The van der Waals surface area contributed by atoms with E-state index in [1.54, 1.807) is 0 Å². The van der Waals surface area contributed by atoms with Crippen molar-refractivity contribution >= 4 is 5.91 Å². The zero-order valence-electron chi connectivity index (χ0n) is 18.7. The third-order valence-electron chi connectivity index (χ3n) is 6.05. The van der Waals surface area contributed by atoms with E-state index in [4.69, 9.17) is 5.73 Å². The Kier molecular flexibility index (Phi) is 7.92. The van der Waals surface area contributed by atoms with Crippen LogP contribution in [-0.4, -0.2) is 48.4 Å². The van der Waals surface area contributed by atoms with Crippen LogP contribution in [0.2, 0.25) is 0 Å². The summed E-state index contributed by atoms with van der Waals surface area (Å²) < 4.78 is 78.9. The number of hydrogen-bond acceptors (Lipinski definition) is 3. The summed E-state index contributed by atoms with van der Waals surface area (Å²) in [4.78, 5) is 16.8. The molecule has 2 N–H and O–H groups in total. The summed E-state index contributed by atoms with van der Waals surface area (Å²) in [6, 6.07) is 10.1. The molecule has 0 aromatic heterocycles. The van der Waals surface area contributed by atoms with Crippen LogP contribution in [0.25, 0.3) is 0 Å². The van der Waals surface area contributed by atoms with E-state index >= 15 is 0 Å². The van der Waals surface area contributed by atoms with Gasteiger partial charge in [0.05, 0.1) is 11.1 Å². The van der Waals surface area contributed by atoms with E-state index in [1.165, 1.54) is 11.9 Å². The number of piperidine rings is 1. The van der Waals surface area contributed by atoms with Gasteiger partial charge in [-0.05, 0) is 48.6 Å². The largest absolute Gasteiger partial charge is 0.416 e. The van der Waals surface area contributed by atoms with Gasteiger partial charge in [-0.2, -0.15) is 26.3 Å². The number of nitrogens with two attached hydrogens (primary N) is 1. The lowest BCUT2D eigenvalue weighted by atomic mass is 9.98. The summed E-state index contributed by atoms with van der Waals surface area (Å²) in [6.07, 6.45) is -8.52. The molecule has 0 aliphatic carbocycles. The van der Waals surface area contributed by atoms with E-state index in [-0.39, 0.29) is 36.5 Å². The van der Waals surface area contributed by atoms with Crippen molar-refractivity contribution in [2.75, 3.05) is 26.7 Å². The average Bonchev–Trinajstić information content (AvgIpc) is 2.78. The number of hydrogen-bond donors (Lipinski definition) is 1. The number of carbonyl (C=O) groups is 1. The lowest BCUT2D eigenvalue weighted by molar-refractivity contribution is -0.143. The molecular weight excluding hydrogens is 460 g/mol. The molecule has 4 nitrogen and oxygen atoms in total. The second-order valence-electron chi connectivity index (χ2n) is 8.61. The zero-order chi connectivity index (χ0) is 25.1. The fourth-order valence-electron chi connectivity index (χ4n) is 4.10. The topological polar surface area (TPSA) is 49.6 Å². The Morgan fingerprint density at radius 2 is 1.53 bits per heavy atom. The second-order valence-corrected chi connectivity index (χ2v) is 8.61. The predicted octanol–water partition coefficient (Wildman–Crippen LogP) is 4.89. The third kappa shape index (κ3) is 6.50. The lowest BCUT2D eigenvalue weighted by Gasteiger charge is -2.37. The van der Waals surface area contributed by atoms with Gasteiger partial charge in [0.25, 0.3) is 0 Å². The Bertz CT molecular complexity index is 937. The minimum Gasteiger partial charge on any atom is -0.344 e. The smallest absolute Gasteiger partial charge is 0.344 e. The molecule has 10 heteroatoms. The number of likely N-dealkylation sites (tertiary alicyclic amines) is 1. The molecule has 0 radical (unpaired) electrons. The van der Waals surface area contributed by atoms with Gasteiger partial charge >= 0.3 is 12.4 Å². The molecule has 1 aliphatic rings. The highest BCUT2D eigenvalue weighted by Crippen LogP contribution is 2.36. The van der Waals surface area contributed by atoms with E-state index < -0.39 is 29.5 Å². The summed E-state index contributed by atoms with van der Waals surface area (Å²) >= 11 is 0. The van der Waals surface area contributed by atoms with Gasteiger partial charge in [-0.25, -0.2) is 0 Å². The molecule has 1 aliphatic heterocycles. The predicted molar refractivity (Wildman–Crippen MR) is 116 cm³/mol. The third-order valence-corrected chi connectivity index (χ3v) is 6.05. The first kappa shape index (κ1) is 26.0. The van der Waals surface area contributed by atoms with E-state index in [0.29, 0.717) is 25.2 Å². The van der Waals surface area contributed by atoms with Gasteiger partial charge in [-0.1, -0.05) is 30.3 Å². The molecule has 186 valence electrons. The molecule has 1 heterocycles. The summed E-state index contributed by atoms with van der Waals surface area (Å²) in [5, 5.41) is 0. The lowest BCUT2D eigenvalue weighted by Crippen LogP contribution is -2.47. The summed E-state index contributed by atoms with van der Waals surface area (Å²) in [6.45, 7) is 1.19. The van der Waals surface area contributed by atoms with Crippen LogP contribution < -0.4 is 5.73 Å². The summed E-state index contributed by atoms with van der Waals surface area (Å²) in [7, 11) is 1.51. The standard InChI is InChI=1S/C24H27F6N3O/c1-32(10-7-16-13-18(23(25,26)27)15-19(14-16)24(28,29)30)22(34)21(17-5-3-2-4-6-17)33-11-8-20(31)9-12-33/h2-6,13-15,20-21H,7-12,31H2,1H3. The highest BCUT2D eigenvalue weighted by atomic mass is 19.4. The molecule has 3 rings (SSSR count). The minimum atomic E-state index is -4.91. The van der Waals surface area contributed by atoms with Gasteiger partial charge in [0, 0.05) is 32.7 Å². The van der Waals surface area contributed by atoms with Gasteiger partial charge in [0.15, 0.2) is 0 Å². The molecule has 34 heavy (non-hydrogen) atoms. The van der Waals surface area contributed by atoms with Crippen molar-refractivity contribution in [3.8, 4) is 0 Å². The van der Waals surface area contributed by atoms with E-state index in [9.17, 15) is 31.1 Å². The van der Waals surface area contributed by atoms with Crippen LogP contribution in [0.15, 0.2) is 48.5 Å². The van der Waals surface area contributed by atoms with Crippen LogP contribution in [0.1, 0.15) is 41.1 Å². The maximum absolute atomic E-state index is 13.4. The van der Waals surface area contributed by atoms with Crippen LogP contribution in [0.4, 0.5) is 26.3 Å². The van der Waals surface area contributed by atoms with Crippen molar-refractivity contribution in [1.82, 2.24) is 9.80 Å². The fourth-order valence-corrected chi connectivity index (χ4v) is 4.10. The van der Waals surface area contributed by atoms with Gasteiger partial charge in [0.2, 0.25) is 5.91 Å². The van der Waals surface area contributed by atoms with Crippen molar-refractivity contribution in [3.05, 3.63) is 70.8 Å². The number of carbonyl (C=O) groups excluding carboxylic acids is 1. The molecule has 1 saturated heterocycles. The van der Waals surface area contributed by atoms with Crippen molar-refractivity contribution in [2.45, 2.75) is 43.7 Å². The molecule has 1 amide bonds. The molecule has 0 bridgehead atoms. The first-order valence-corrected chi connectivity index (χ1v) is 10.9. The number of halogens is 6. The summed E-state index contributed by atoms with van der Waals surface area (Å²) in [5.74, 6) is -0.273. The van der Waals surface area contributed by atoms with Crippen LogP contribution in [-0.2, 0) is 23.6 Å². The molecule has 1 unspecified atom stereocenters. The fraction of sp³-hybridized carbons (Fsp3) is 0.458.